The van der Waals surface area contributed by atoms with Crippen molar-refractivity contribution in [1.82, 2.24) is 15.1 Å². The summed E-state index contributed by atoms with van der Waals surface area (Å²) in [5.74, 6) is -1.81. The maximum Gasteiger partial charge on any atom is 0.326 e. The number of carbonyl (C=O) groups is 2. The van der Waals surface area contributed by atoms with Gasteiger partial charge in [0.25, 0.3) is 11.5 Å². The van der Waals surface area contributed by atoms with Crippen molar-refractivity contribution in [3.05, 3.63) is 76.6 Å². The highest BCUT2D eigenvalue weighted by molar-refractivity contribution is 6.04. The molecule has 1 heterocycles. The zero-order valence-corrected chi connectivity index (χ0v) is 18.4. The Labute approximate surface area is 186 Å². The van der Waals surface area contributed by atoms with Gasteiger partial charge in [-0.25, -0.2) is 9.48 Å². The third-order valence-corrected chi connectivity index (χ3v) is 5.10. The molecule has 0 aliphatic rings. The normalized spacial score (nSPS) is 11.9. The van der Waals surface area contributed by atoms with Crippen molar-refractivity contribution in [2.24, 2.45) is 5.92 Å². The van der Waals surface area contributed by atoms with Gasteiger partial charge in [0, 0.05) is 17.7 Å². The van der Waals surface area contributed by atoms with E-state index in [2.05, 4.69) is 10.4 Å². The number of carboxylic acids is 1. The number of nitrogens with zero attached hydrogens (tertiary/aromatic N) is 2. The van der Waals surface area contributed by atoms with Crippen LogP contribution >= 0.6 is 0 Å². The first-order valence-electron chi connectivity index (χ1n) is 10.6. The lowest BCUT2D eigenvalue weighted by atomic mass is 9.94. The Morgan fingerprint density at radius 2 is 1.56 bits per heavy atom. The van der Waals surface area contributed by atoms with Crippen LogP contribution in [0.15, 0.2) is 65.5 Å². The van der Waals surface area contributed by atoms with Crippen LogP contribution in [0.25, 0.3) is 22.4 Å². The zero-order valence-electron chi connectivity index (χ0n) is 18.4. The summed E-state index contributed by atoms with van der Waals surface area (Å²) in [4.78, 5) is 38.4. The Morgan fingerprint density at radius 1 is 1.00 bits per heavy atom. The number of hydrogen-bond donors (Lipinski definition) is 2. The fourth-order valence-corrected chi connectivity index (χ4v) is 3.60. The van der Waals surface area contributed by atoms with Gasteiger partial charge in [-0.3, -0.25) is 9.59 Å². The van der Waals surface area contributed by atoms with Gasteiger partial charge in [-0.15, -0.1) is 0 Å². The molecule has 1 aromatic heterocycles. The van der Waals surface area contributed by atoms with Crippen molar-refractivity contribution in [2.75, 3.05) is 0 Å². The van der Waals surface area contributed by atoms with Gasteiger partial charge < -0.3 is 10.4 Å². The molecule has 7 nitrogen and oxygen atoms in total. The quantitative estimate of drug-likeness (QED) is 0.562. The molecule has 0 bridgehead atoms. The minimum Gasteiger partial charge on any atom is -0.480 e. The number of hydrogen-bond acceptors (Lipinski definition) is 4. The van der Waals surface area contributed by atoms with Crippen LogP contribution in [0.5, 0.6) is 0 Å². The molecular weight excluding hydrogens is 406 g/mol. The van der Waals surface area contributed by atoms with Gasteiger partial charge in [0.1, 0.15) is 11.6 Å². The number of benzene rings is 2. The predicted octanol–water partition coefficient (Wildman–Crippen LogP) is 3.83. The standard InChI is InChI=1S/C25H27N3O4/c1-4-28-24(30)21(23(29)26-19(25(31)32)15-16(2)3)20(17-11-7-5-8-12-17)22(27-28)18-13-9-6-10-14-18/h5-14,16,19H,4,15H2,1-3H3,(H,26,29)(H,31,32). The minimum atomic E-state index is -1.14. The maximum atomic E-state index is 13.4. The zero-order chi connectivity index (χ0) is 23.3. The fourth-order valence-electron chi connectivity index (χ4n) is 3.60. The first-order chi connectivity index (χ1) is 15.3. The van der Waals surface area contributed by atoms with Crippen LogP contribution in [0.2, 0.25) is 0 Å². The molecule has 1 atom stereocenters. The molecule has 0 saturated carbocycles. The molecule has 166 valence electrons. The van der Waals surface area contributed by atoms with Crippen molar-refractivity contribution < 1.29 is 14.7 Å². The summed E-state index contributed by atoms with van der Waals surface area (Å²) in [5.41, 5.74) is 1.61. The van der Waals surface area contributed by atoms with Gasteiger partial charge in [0.15, 0.2) is 0 Å². The summed E-state index contributed by atoms with van der Waals surface area (Å²) in [6.45, 7) is 5.79. The fraction of sp³-hybridized carbons (Fsp3) is 0.280. The van der Waals surface area contributed by atoms with Gasteiger partial charge in [-0.2, -0.15) is 5.10 Å². The molecule has 2 aromatic carbocycles. The maximum absolute atomic E-state index is 13.4. The Kier molecular flexibility index (Phi) is 7.20. The molecule has 2 N–H and O–H groups in total. The SMILES string of the molecule is CCn1nc(-c2ccccc2)c(-c2ccccc2)c(C(=O)NC(CC(C)C)C(=O)O)c1=O. The molecule has 0 aliphatic carbocycles. The summed E-state index contributed by atoms with van der Waals surface area (Å²) in [5, 5.41) is 16.7. The van der Waals surface area contributed by atoms with Crippen LogP contribution in [0.4, 0.5) is 0 Å². The summed E-state index contributed by atoms with van der Waals surface area (Å²) in [7, 11) is 0. The third-order valence-electron chi connectivity index (χ3n) is 5.10. The molecule has 3 aromatic rings. The topological polar surface area (TPSA) is 101 Å². The predicted molar refractivity (Wildman–Crippen MR) is 123 cm³/mol. The molecule has 1 unspecified atom stereocenters. The van der Waals surface area contributed by atoms with E-state index in [1.165, 1.54) is 4.68 Å². The number of nitrogens with one attached hydrogen (secondary N) is 1. The van der Waals surface area contributed by atoms with Crippen LogP contribution < -0.4 is 10.9 Å². The summed E-state index contributed by atoms with van der Waals surface area (Å²) in [6.07, 6.45) is 0.250. The smallest absolute Gasteiger partial charge is 0.326 e. The lowest BCUT2D eigenvalue weighted by molar-refractivity contribution is -0.139. The molecule has 7 heteroatoms. The lowest BCUT2D eigenvalue weighted by Gasteiger charge is -2.20. The van der Waals surface area contributed by atoms with Crippen molar-refractivity contribution in [2.45, 2.75) is 39.8 Å². The third kappa shape index (κ3) is 4.94. The van der Waals surface area contributed by atoms with Gasteiger partial charge in [-0.05, 0) is 24.8 Å². The molecular formula is C25H27N3O4. The first-order valence-corrected chi connectivity index (χ1v) is 10.6. The van der Waals surface area contributed by atoms with E-state index in [9.17, 15) is 19.5 Å². The van der Waals surface area contributed by atoms with Crippen LogP contribution in [0.1, 0.15) is 37.6 Å². The van der Waals surface area contributed by atoms with Crippen LogP contribution in [0.3, 0.4) is 0 Å². The summed E-state index contributed by atoms with van der Waals surface area (Å²) in [6, 6.07) is 17.3. The summed E-state index contributed by atoms with van der Waals surface area (Å²) >= 11 is 0. The number of carboxylic acid groups (broad SMARTS) is 1. The van der Waals surface area contributed by atoms with Gasteiger partial charge in [-0.1, -0.05) is 74.5 Å². The van der Waals surface area contributed by atoms with Crippen LogP contribution in [-0.4, -0.2) is 32.8 Å². The van der Waals surface area contributed by atoms with Crippen molar-refractivity contribution in [3.63, 3.8) is 0 Å². The van der Waals surface area contributed by atoms with Crippen molar-refractivity contribution in [3.8, 4) is 22.4 Å². The van der Waals surface area contributed by atoms with E-state index in [1.807, 2.05) is 62.4 Å². The minimum absolute atomic E-state index is 0.0506. The summed E-state index contributed by atoms with van der Waals surface area (Å²) < 4.78 is 1.24. The highest BCUT2D eigenvalue weighted by Gasteiger charge is 2.28. The largest absolute Gasteiger partial charge is 0.480 e. The molecule has 0 spiro atoms. The van der Waals surface area contributed by atoms with Crippen LogP contribution in [0, 0.1) is 5.92 Å². The van der Waals surface area contributed by atoms with Gasteiger partial charge in [0.05, 0.1) is 5.69 Å². The molecule has 32 heavy (non-hydrogen) atoms. The van der Waals surface area contributed by atoms with E-state index in [-0.39, 0.29) is 24.4 Å². The Hall–Kier alpha value is -3.74. The first kappa shape index (κ1) is 22.9. The van der Waals surface area contributed by atoms with Crippen molar-refractivity contribution >= 4 is 11.9 Å². The van der Waals surface area contributed by atoms with Crippen molar-refractivity contribution in [1.29, 1.82) is 0 Å². The highest BCUT2D eigenvalue weighted by atomic mass is 16.4. The molecule has 3 rings (SSSR count). The molecule has 0 fully saturated rings. The number of aryl methyl sites for hydroxylation is 1. The van der Waals surface area contributed by atoms with E-state index >= 15 is 0 Å². The van der Waals surface area contributed by atoms with Gasteiger partial charge >= 0.3 is 5.97 Å². The number of carbonyl (C=O) groups excluding carboxylic acids is 1. The molecule has 0 aliphatic heterocycles. The van der Waals surface area contributed by atoms with E-state index in [1.54, 1.807) is 19.1 Å². The number of aliphatic carboxylic acids is 1. The Balaban J connectivity index is 2.27. The van der Waals surface area contributed by atoms with E-state index in [4.69, 9.17) is 0 Å². The molecule has 1 amide bonds. The second kappa shape index (κ2) is 10.0. The number of amides is 1. The highest BCUT2D eigenvalue weighted by Crippen LogP contribution is 2.32. The monoisotopic (exact) mass is 433 g/mol. The second-order valence-corrected chi connectivity index (χ2v) is 7.95. The van der Waals surface area contributed by atoms with Gasteiger partial charge in [0.2, 0.25) is 0 Å². The van der Waals surface area contributed by atoms with E-state index in [0.29, 0.717) is 16.8 Å². The Bertz CT molecular complexity index is 1160. The van der Waals surface area contributed by atoms with Crippen LogP contribution in [-0.2, 0) is 11.3 Å². The van der Waals surface area contributed by atoms with E-state index in [0.717, 1.165) is 5.56 Å². The number of rotatable bonds is 8. The number of aromatic nitrogens is 2. The Morgan fingerprint density at radius 3 is 2.06 bits per heavy atom. The van der Waals surface area contributed by atoms with E-state index < -0.39 is 23.5 Å². The molecule has 0 radical (unpaired) electrons. The second-order valence-electron chi connectivity index (χ2n) is 7.95. The molecule has 0 saturated heterocycles. The lowest BCUT2D eigenvalue weighted by Crippen LogP contribution is -2.44. The average Bonchev–Trinajstić information content (AvgIpc) is 2.79. The average molecular weight is 434 g/mol.